The van der Waals surface area contributed by atoms with Crippen molar-refractivity contribution >= 4 is 17.3 Å². The van der Waals surface area contributed by atoms with E-state index < -0.39 is 0 Å². The van der Waals surface area contributed by atoms with Crippen LogP contribution in [0.2, 0.25) is 0 Å². The molecule has 1 saturated heterocycles. The van der Waals surface area contributed by atoms with Gasteiger partial charge in [0.15, 0.2) is 0 Å². The zero-order valence-corrected chi connectivity index (χ0v) is 10.9. The topological polar surface area (TPSA) is 50.4 Å². The first-order chi connectivity index (χ1) is 8.65. The minimum absolute atomic E-state index is 0.0489. The van der Waals surface area contributed by atoms with Gasteiger partial charge in [0.1, 0.15) is 0 Å². The second-order valence-corrected chi connectivity index (χ2v) is 4.82. The maximum absolute atomic E-state index is 10.9. The summed E-state index contributed by atoms with van der Waals surface area (Å²) in [7, 11) is 0. The summed E-state index contributed by atoms with van der Waals surface area (Å²) in [5.41, 5.74) is 1.90. The van der Waals surface area contributed by atoms with Crippen LogP contribution in [0.4, 0.5) is 11.4 Å². The second-order valence-electron chi connectivity index (χ2n) is 4.82. The summed E-state index contributed by atoms with van der Waals surface area (Å²) in [6.07, 6.45) is 1.12. The fraction of sp³-hybridized carbons (Fsp3) is 0.500. The highest BCUT2D eigenvalue weighted by Crippen LogP contribution is 2.21. The molecule has 1 heterocycles. The molecule has 0 spiro atoms. The predicted molar refractivity (Wildman–Crippen MR) is 72.8 cm³/mol. The first-order valence-electron chi connectivity index (χ1n) is 6.37. The summed E-state index contributed by atoms with van der Waals surface area (Å²) >= 11 is 0. The molecule has 1 fully saturated rings. The number of nitrogens with one attached hydrogen (secondary N) is 2. The van der Waals surface area contributed by atoms with Crippen molar-refractivity contribution in [3.05, 3.63) is 24.3 Å². The number of carbonyl (C=O) groups excluding carboxylic acids is 1. The zero-order chi connectivity index (χ0) is 13.0. The van der Waals surface area contributed by atoms with Crippen molar-refractivity contribution in [1.82, 2.24) is 0 Å². The van der Waals surface area contributed by atoms with Crippen LogP contribution in [0.5, 0.6) is 0 Å². The van der Waals surface area contributed by atoms with E-state index in [9.17, 15) is 4.79 Å². The number of anilines is 2. The lowest BCUT2D eigenvalue weighted by molar-refractivity contribution is -0.114. The summed E-state index contributed by atoms with van der Waals surface area (Å²) < 4.78 is 5.39. The number of ether oxygens (including phenoxy) is 1. The average Bonchev–Trinajstić information content (AvgIpc) is 2.84. The van der Waals surface area contributed by atoms with Crippen LogP contribution >= 0.6 is 0 Å². The molecule has 4 heteroatoms. The van der Waals surface area contributed by atoms with E-state index in [1.807, 2.05) is 24.3 Å². The van der Waals surface area contributed by atoms with E-state index in [-0.39, 0.29) is 5.91 Å². The molecule has 2 unspecified atom stereocenters. The van der Waals surface area contributed by atoms with E-state index in [4.69, 9.17) is 4.74 Å². The number of hydrogen-bond acceptors (Lipinski definition) is 3. The maximum atomic E-state index is 10.9. The molecular weight excluding hydrogens is 228 g/mol. The van der Waals surface area contributed by atoms with Crippen molar-refractivity contribution in [2.45, 2.75) is 26.3 Å². The molecule has 4 nitrogen and oxygen atoms in total. The van der Waals surface area contributed by atoms with Gasteiger partial charge in [0.05, 0.1) is 6.61 Å². The van der Waals surface area contributed by atoms with Crippen molar-refractivity contribution in [1.29, 1.82) is 0 Å². The van der Waals surface area contributed by atoms with E-state index in [1.54, 1.807) is 0 Å². The Morgan fingerprint density at radius 2 is 2.00 bits per heavy atom. The highest BCUT2D eigenvalue weighted by molar-refractivity contribution is 5.88. The van der Waals surface area contributed by atoms with Gasteiger partial charge in [-0.25, -0.2) is 0 Å². The summed E-state index contributed by atoms with van der Waals surface area (Å²) in [6, 6.07) is 8.18. The molecule has 0 saturated carbocycles. The van der Waals surface area contributed by atoms with Gasteiger partial charge in [-0.15, -0.1) is 0 Å². The van der Waals surface area contributed by atoms with Gasteiger partial charge in [-0.3, -0.25) is 4.79 Å². The highest BCUT2D eigenvalue weighted by atomic mass is 16.5. The van der Waals surface area contributed by atoms with Crippen molar-refractivity contribution in [2.75, 3.05) is 23.8 Å². The van der Waals surface area contributed by atoms with Crippen LogP contribution in [-0.4, -0.2) is 25.2 Å². The molecule has 2 atom stereocenters. The van der Waals surface area contributed by atoms with Crippen LogP contribution in [0.15, 0.2) is 24.3 Å². The minimum atomic E-state index is -0.0489. The molecule has 98 valence electrons. The molecule has 1 aliphatic heterocycles. The smallest absolute Gasteiger partial charge is 0.221 e. The summed E-state index contributed by atoms with van der Waals surface area (Å²) in [5, 5.41) is 6.23. The van der Waals surface area contributed by atoms with Crippen LogP contribution in [-0.2, 0) is 9.53 Å². The van der Waals surface area contributed by atoms with Crippen LogP contribution in [0.1, 0.15) is 20.3 Å². The molecule has 0 radical (unpaired) electrons. The Balaban J connectivity index is 1.91. The molecular formula is C14H20N2O2. The van der Waals surface area contributed by atoms with E-state index >= 15 is 0 Å². The van der Waals surface area contributed by atoms with E-state index in [1.165, 1.54) is 6.92 Å². The third-order valence-corrected chi connectivity index (χ3v) is 3.27. The molecule has 18 heavy (non-hydrogen) atoms. The van der Waals surface area contributed by atoms with Gasteiger partial charge in [0.2, 0.25) is 5.91 Å². The van der Waals surface area contributed by atoms with Crippen molar-refractivity contribution in [3.63, 3.8) is 0 Å². The summed E-state index contributed by atoms with van der Waals surface area (Å²) in [6.45, 7) is 5.41. The van der Waals surface area contributed by atoms with E-state index in [0.29, 0.717) is 12.0 Å². The van der Waals surface area contributed by atoms with Gasteiger partial charge in [-0.1, -0.05) is 0 Å². The molecule has 0 aliphatic carbocycles. The van der Waals surface area contributed by atoms with Gasteiger partial charge in [0, 0.05) is 36.9 Å². The Hall–Kier alpha value is -1.55. The third kappa shape index (κ3) is 3.47. The number of hydrogen-bond donors (Lipinski definition) is 2. The fourth-order valence-electron chi connectivity index (χ4n) is 2.18. The highest BCUT2D eigenvalue weighted by Gasteiger charge is 2.21. The Morgan fingerprint density at radius 1 is 1.33 bits per heavy atom. The van der Waals surface area contributed by atoms with Gasteiger partial charge >= 0.3 is 0 Å². The van der Waals surface area contributed by atoms with Crippen LogP contribution in [0, 0.1) is 5.92 Å². The zero-order valence-electron chi connectivity index (χ0n) is 10.9. The second kappa shape index (κ2) is 5.87. The number of amides is 1. The molecule has 0 bridgehead atoms. The molecule has 2 rings (SSSR count). The van der Waals surface area contributed by atoms with Crippen LogP contribution in [0.3, 0.4) is 0 Å². The van der Waals surface area contributed by atoms with Crippen LogP contribution in [0.25, 0.3) is 0 Å². The Labute approximate surface area is 108 Å². The molecule has 1 amide bonds. The van der Waals surface area contributed by atoms with Gasteiger partial charge in [-0.2, -0.15) is 0 Å². The molecule has 1 aromatic rings. The summed E-state index contributed by atoms with van der Waals surface area (Å²) in [5.74, 6) is 0.534. The number of rotatable bonds is 4. The monoisotopic (exact) mass is 248 g/mol. The lowest BCUT2D eigenvalue weighted by Gasteiger charge is -2.20. The Kier molecular flexibility index (Phi) is 4.20. The lowest BCUT2D eigenvalue weighted by Crippen LogP contribution is -2.26. The first-order valence-corrected chi connectivity index (χ1v) is 6.37. The largest absolute Gasteiger partial charge is 0.382 e. The average molecular weight is 248 g/mol. The predicted octanol–water partition coefficient (Wildman–Crippen LogP) is 2.48. The van der Waals surface area contributed by atoms with Crippen molar-refractivity contribution in [2.24, 2.45) is 5.92 Å². The normalized spacial score (nSPS) is 20.4. The minimum Gasteiger partial charge on any atom is -0.382 e. The SMILES string of the molecule is CC(=O)Nc1ccc(NC(C)C2CCOC2)cc1. The Morgan fingerprint density at radius 3 is 2.56 bits per heavy atom. The third-order valence-electron chi connectivity index (χ3n) is 3.27. The number of carbonyl (C=O) groups is 1. The summed E-state index contributed by atoms with van der Waals surface area (Å²) in [4.78, 5) is 10.9. The van der Waals surface area contributed by atoms with Crippen molar-refractivity contribution in [3.8, 4) is 0 Å². The first kappa shape index (κ1) is 12.9. The van der Waals surface area contributed by atoms with Gasteiger partial charge < -0.3 is 15.4 Å². The van der Waals surface area contributed by atoms with Crippen LogP contribution < -0.4 is 10.6 Å². The Bertz CT molecular complexity index is 397. The fourth-order valence-corrected chi connectivity index (χ4v) is 2.18. The maximum Gasteiger partial charge on any atom is 0.221 e. The van der Waals surface area contributed by atoms with Crippen molar-refractivity contribution < 1.29 is 9.53 Å². The number of benzene rings is 1. The van der Waals surface area contributed by atoms with E-state index in [0.717, 1.165) is 31.0 Å². The van der Waals surface area contributed by atoms with Gasteiger partial charge in [-0.05, 0) is 37.6 Å². The van der Waals surface area contributed by atoms with E-state index in [2.05, 4.69) is 17.6 Å². The molecule has 0 aromatic heterocycles. The molecule has 1 aromatic carbocycles. The quantitative estimate of drug-likeness (QED) is 0.860. The van der Waals surface area contributed by atoms with Gasteiger partial charge in [0.25, 0.3) is 0 Å². The lowest BCUT2D eigenvalue weighted by atomic mass is 10.0. The molecule has 1 aliphatic rings. The standard InChI is InChI=1S/C14H20N2O2/c1-10(12-7-8-18-9-12)15-13-3-5-14(6-4-13)16-11(2)17/h3-6,10,12,15H,7-9H2,1-2H3,(H,16,17). The molecule has 2 N–H and O–H groups in total.